The average molecular weight is 313 g/mol. The number of ether oxygens (including phenoxy) is 2. The molecule has 1 amide bonds. The third kappa shape index (κ3) is 2.65. The van der Waals surface area contributed by atoms with Gasteiger partial charge in [-0.2, -0.15) is 5.10 Å². The lowest BCUT2D eigenvalue weighted by Gasteiger charge is -2.25. The van der Waals surface area contributed by atoms with E-state index in [2.05, 4.69) is 10.2 Å². The van der Waals surface area contributed by atoms with Gasteiger partial charge in [0, 0.05) is 19.2 Å². The second-order valence-electron chi connectivity index (χ2n) is 5.88. The third-order valence-corrected chi connectivity index (χ3v) is 4.40. The van der Waals surface area contributed by atoms with Gasteiger partial charge < -0.3 is 14.4 Å². The van der Waals surface area contributed by atoms with E-state index in [0.29, 0.717) is 18.9 Å². The molecule has 2 aliphatic heterocycles. The number of fused-ring (bicyclic) bond motifs is 1. The van der Waals surface area contributed by atoms with Crippen LogP contribution in [0.2, 0.25) is 0 Å². The number of rotatable bonds is 2. The number of aromatic amines is 1. The van der Waals surface area contributed by atoms with Crippen LogP contribution in [0.5, 0.6) is 11.5 Å². The summed E-state index contributed by atoms with van der Waals surface area (Å²) in [7, 11) is 0. The van der Waals surface area contributed by atoms with Crippen LogP contribution >= 0.6 is 0 Å². The molecule has 2 aliphatic rings. The monoisotopic (exact) mass is 313 g/mol. The van der Waals surface area contributed by atoms with Crippen LogP contribution in [0.3, 0.4) is 0 Å². The fraction of sp³-hybridized carbons (Fsp3) is 0.412. The van der Waals surface area contributed by atoms with Crippen LogP contribution in [-0.4, -0.2) is 40.8 Å². The van der Waals surface area contributed by atoms with E-state index in [1.807, 2.05) is 23.1 Å². The van der Waals surface area contributed by atoms with E-state index in [-0.39, 0.29) is 11.9 Å². The zero-order valence-electron chi connectivity index (χ0n) is 12.8. The number of carbonyl (C=O) groups excluding carboxylic acids is 1. The summed E-state index contributed by atoms with van der Waals surface area (Å²) in [5.41, 5.74) is 1.63. The minimum atomic E-state index is -0.00267. The van der Waals surface area contributed by atoms with Gasteiger partial charge in [-0.15, -0.1) is 0 Å². The Morgan fingerprint density at radius 1 is 1.17 bits per heavy atom. The molecule has 1 N–H and O–H groups in total. The van der Waals surface area contributed by atoms with Crippen LogP contribution in [0.15, 0.2) is 30.5 Å². The fourth-order valence-electron chi connectivity index (χ4n) is 3.27. The predicted octanol–water partition coefficient (Wildman–Crippen LogP) is 2.55. The first-order valence-corrected chi connectivity index (χ1v) is 8.03. The van der Waals surface area contributed by atoms with Crippen molar-refractivity contribution >= 4 is 5.91 Å². The smallest absolute Gasteiger partial charge is 0.272 e. The Balaban J connectivity index is 1.61. The number of H-pyrrole nitrogens is 1. The van der Waals surface area contributed by atoms with Gasteiger partial charge in [0.2, 0.25) is 0 Å². The Hall–Kier alpha value is -2.50. The maximum atomic E-state index is 12.6. The molecule has 120 valence electrons. The van der Waals surface area contributed by atoms with Crippen LogP contribution in [0.1, 0.15) is 41.4 Å². The number of nitrogens with zero attached hydrogens (tertiary/aromatic N) is 2. The highest BCUT2D eigenvalue weighted by molar-refractivity contribution is 5.92. The molecular formula is C17H19N3O3. The first-order valence-electron chi connectivity index (χ1n) is 8.03. The van der Waals surface area contributed by atoms with Crippen molar-refractivity contribution in [3.8, 4) is 11.5 Å². The molecule has 6 heteroatoms. The van der Waals surface area contributed by atoms with Crippen molar-refractivity contribution in [1.29, 1.82) is 0 Å². The van der Waals surface area contributed by atoms with Gasteiger partial charge in [0.15, 0.2) is 11.5 Å². The molecule has 0 saturated carbocycles. The SMILES string of the molecule is O=C(c1ccn[nH]1)N1CCC[C@@H]1c1ccc2c(c1)OCCCO2. The summed E-state index contributed by atoms with van der Waals surface area (Å²) in [5.74, 6) is 1.56. The lowest BCUT2D eigenvalue weighted by Crippen LogP contribution is -2.30. The van der Waals surface area contributed by atoms with Gasteiger partial charge in [0.1, 0.15) is 5.69 Å². The van der Waals surface area contributed by atoms with Crippen LogP contribution < -0.4 is 9.47 Å². The minimum absolute atomic E-state index is 0.00267. The number of benzene rings is 1. The number of hydrogen-bond donors (Lipinski definition) is 1. The van der Waals surface area contributed by atoms with Crippen molar-refractivity contribution < 1.29 is 14.3 Å². The molecule has 1 aromatic carbocycles. The fourth-order valence-corrected chi connectivity index (χ4v) is 3.27. The summed E-state index contributed by atoms with van der Waals surface area (Å²) in [6.45, 7) is 2.11. The summed E-state index contributed by atoms with van der Waals surface area (Å²) in [5, 5.41) is 6.63. The van der Waals surface area contributed by atoms with E-state index >= 15 is 0 Å². The molecule has 6 nitrogen and oxygen atoms in total. The number of amides is 1. The maximum absolute atomic E-state index is 12.6. The van der Waals surface area contributed by atoms with E-state index in [1.54, 1.807) is 12.3 Å². The van der Waals surface area contributed by atoms with E-state index in [4.69, 9.17) is 9.47 Å². The highest BCUT2D eigenvalue weighted by atomic mass is 16.5. The molecule has 23 heavy (non-hydrogen) atoms. The van der Waals surface area contributed by atoms with Gasteiger partial charge in [-0.3, -0.25) is 9.89 Å². The van der Waals surface area contributed by atoms with Crippen molar-refractivity contribution in [1.82, 2.24) is 15.1 Å². The largest absolute Gasteiger partial charge is 0.490 e. The second-order valence-corrected chi connectivity index (χ2v) is 5.88. The van der Waals surface area contributed by atoms with E-state index in [9.17, 15) is 4.79 Å². The first-order chi connectivity index (χ1) is 11.3. The highest BCUT2D eigenvalue weighted by Gasteiger charge is 2.31. The molecule has 0 spiro atoms. The van der Waals surface area contributed by atoms with Crippen LogP contribution in [0.25, 0.3) is 0 Å². The molecule has 1 atom stereocenters. The van der Waals surface area contributed by atoms with Gasteiger partial charge in [-0.1, -0.05) is 6.07 Å². The minimum Gasteiger partial charge on any atom is -0.490 e. The van der Waals surface area contributed by atoms with Crippen LogP contribution in [0, 0.1) is 0 Å². The normalized spacial score (nSPS) is 20.3. The zero-order valence-corrected chi connectivity index (χ0v) is 12.8. The number of hydrogen-bond acceptors (Lipinski definition) is 4. The molecule has 0 bridgehead atoms. The molecule has 4 rings (SSSR count). The number of likely N-dealkylation sites (tertiary alicyclic amines) is 1. The Kier molecular flexibility index (Phi) is 3.65. The van der Waals surface area contributed by atoms with Gasteiger partial charge in [0.05, 0.1) is 19.3 Å². The molecule has 1 saturated heterocycles. The molecule has 0 radical (unpaired) electrons. The molecule has 3 heterocycles. The van der Waals surface area contributed by atoms with E-state index in [0.717, 1.165) is 42.9 Å². The first kappa shape index (κ1) is 14.1. The van der Waals surface area contributed by atoms with E-state index in [1.165, 1.54) is 0 Å². The molecule has 0 unspecified atom stereocenters. The summed E-state index contributed by atoms with van der Waals surface area (Å²) in [4.78, 5) is 14.5. The average Bonchev–Trinajstić information content (AvgIpc) is 3.22. The molecule has 1 fully saturated rings. The number of nitrogens with one attached hydrogen (secondary N) is 1. The Labute approximate surface area is 134 Å². The summed E-state index contributed by atoms with van der Waals surface area (Å²) < 4.78 is 11.5. The molecular weight excluding hydrogens is 294 g/mol. The quantitative estimate of drug-likeness (QED) is 0.925. The molecule has 2 aromatic rings. The topological polar surface area (TPSA) is 67.5 Å². The van der Waals surface area contributed by atoms with Gasteiger partial charge in [0.25, 0.3) is 5.91 Å². The van der Waals surface area contributed by atoms with Gasteiger partial charge >= 0.3 is 0 Å². The number of carbonyl (C=O) groups is 1. The van der Waals surface area contributed by atoms with Crippen molar-refractivity contribution in [2.75, 3.05) is 19.8 Å². The van der Waals surface area contributed by atoms with E-state index < -0.39 is 0 Å². The lowest BCUT2D eigenvalue weighted by atomic mass is 10.0. The van der Waals surface area contributed by atoms with Crippen LogP contribution in [0.4, 0.5) is 0 Å². The zero-order chi connectivity index (χ0) is 15.6. The third-order valence-electron chi connectivity index (χ3n) is 4.40. The van der Waals surface area contributed by atoms with Crippen molar-refractivity contribution in [3.05, 3.63) is 41.7 Å². The Morgan fingerprint density at radius 3 is 2.87 bits per heavy atom. The summed E-state index contributed by atoms with van der Waals surface area (Å²) in [6, 6.07) is 7.79. The van der Waals surface area contributed by atoms with Crippen molar-refractivity contribution in [3.63, 3.8) is 0 Å². The lowest BCUT2D eigenvalue weighted by molar-refractivity contribution is 0.0729. The maximum Gasteiger partial charge on any atom is 0.272 e. The Bertz CT molecular complexity index is 699. The number of aromatic nitrogens is 2. The van der Waals surface area contributed by atoms with Gasteiger partial charge in [-0.05, 0) is 36.6 Å². The Morgan fingerprint density at radius 2 is 2.04 bits per heavy atom. The van der Waals surface area contributed by atoms with Crippen LogP contribution in [-0.2, 0) is 0 Å². The van der Waals surface area contributed by atoms with Gasteiger partial charge in [-0.25, -0.2) is 0 Å². The molecule has 0 aliphatic carbocycles. The summed E-state index contributed by atoms with van der Waals surface area (Å²) in [6.07, 6.45) is 4.45. The standard InChI is InChI=1S/C17H19N3O3/c21-17(13-6-7-18-19-13)20-8-1-3-14(20)12-4-5-15-16(11-12)23-10-2-9-22-15/h4-7,11,14H,1-3,8-10H2,(H,18,19)/t14-/m1/s1. The highest BCUT2D eigenvalue weighted by Crippen LogP contribution is 2.38. The molecule has 1 aromatic heterocycles. The van der Waals surface area contributed by atoms with Crippen molar-refractivity contribution in [2.24, 2.45) is 0 Å². The van der Waals surface area contributed by atoms with Crippen molar-refractivity contribution in [2.45, 2.75) is 25.3 Å². The second kappa shape index (κ2) is 5.95. The summed E-state index contributed by atoms with van der Waals surface area (Å²) >= 11 is 0. The predicted molar refractivity (Wildman–Crippen MR) is 83.6 cm³/mol.